The lowest BCUT2D eigenvalue weighted by Gasteiger charge is -2.24. The molecule has 0 spiro atoms. The highest BCUT2D eigenvalue weighted by Crippen LogP contribution is 2.68. The standard InChI is InChI=1S/C45H37ClF8N10O4S/c1-19(2)41-55-10-9-29(57-41)21-3-6-25-30(14-21)58-43(64(44(25)66)32-8-7-28(46)36-38(32)62(17-33(49)50)60-42(36)61-69(67,68)24-4-5-24)31(13-20-11-22(47)15-23(48)12-20)56-34(65)18-63-39-35(37(59-63)40(51)52)26-16-27(26)45(39,53)54/h3,6-12,14-15,19,24,26-27,31,33,40H,4-5,13,16-18H2,1-2H3,(H,56,65)(H,60,61)/t26-,27+,31-/m0/s1. The molecule has 24 heteroatoms. The summed E-state index contributed by atoms with van der Waals surface area (Å²) in [4.78, 5) is 43.3. The Balaban J connectivity index is 1.20. The van der Waals surface area contributed by atoms with Gasteiger partial charge in [-0.1, -0.05) is 31.5 Å². The number of nitrogens with one attached hydrogen (secondary N) is 2. The molecule has 0 bridgehead atoms. The summed E-state index contributed by atoms with van der Waals surface area (Å²) in [5, 5.41) is 9.26. The molecule has 3 aliphatic rings. The predicted octanol–water partition coefficient (Wildman–Crippen LogP) is 8.86. The largest absolute Gasteiger partial charge is 0.344 e. The van der Waals surface area contributed by atoms with Crippen LogP contribution in [0.15, 0.2) is 65.6 Å². The van der Waals surface area contributed by atoms with E-state index in [0.29, 0.717) is 40.7 Å². The van der Waals surface area contributed by atoms with Gasteiger partial charge in [0, 0.05) is 41.6 Å². The van der Waals surface area contributed by atoms with Crippen LogP contribution in [0.25, 0.3) is 38.8 Å². The monoisotopic (exact) mass is 1000 g/mol. The molecule has 4 aromatic heterocycles. The molecular weight excluding hydrogens is 964 g/mol. The van der Waals surface area contributed by atoms with Crippen molar-refractivity contribution in [2.45, 2.75) is 94.5 Å². The summed E-state index contributed by atoms with van der Waals surface area (Å²) in [6.45, 7) is 1.55. The summed E-state index contributed by atoms with van der Waals surface area (Å²) in [6.07, 6.45) is -4.80. The van der Waals surface area contributed by atoms with Crippen molar-refractivity contribution >= 4 is 55.2 Å². The smallest absolute Gasteiger partial charge is 0.293 e. The molecule has 7 aromatic rings. The van der Waals surface area contributed by atoms with Crippen molar-refractivity contribution in [3.63, 3.8) is 0 Å². The number of nitrogens with zero attached hydrogens (tertiary/aromatic N) is 8. The van der Waals surface area contributed by atoms with Crippen LogP contribution in [0.3, 0.4) is 0 Å². The maximum Gasteiger partial charge on any atom is 0.293 e. The van der Waals surface area contributed by atoms with Crippen molar-refractivity contribution in [2.24, 2.45) is 5.92 Å². The third-order valence-electron chi connectivity index (χ3n) is 12.4. The Labute approximate surface area is 390 Å². The first kappa shape index (κ1) is 46.2. The fourth-order valence-corrected chi connectivity index (χ4v) is 10.7. The molecule has 0 unspecified atom stereocenters. The van der Waals surface area contributed by atoms with E-state index in [1.165, 1.54) is 30.5 Å². The maximum absolute atomic E-state index is 15.6. The third kappa shape index (κ3) is 8.35. The van der Waals surface area contributed by atoms with Crippen LogP contribution in [-0.2, 0) is 40.3 Å². The van der Waals surface area contributed by atoms with Crippen molar-refractivity contribution in [3.8, 4) is 16.9 Å². The molecule has 2 saturated carbocycles. The van der Waals surface area contributed by atoms with E-state index in [-0.39, 0.29) is 56.0 Å². The van der Waals surface area contributed by atoms with E-state index in [1.807, 2.05) is 13.8 Å². The Hall–Kier alpha value is -6.49. The van der Waals surface area contributed by atoms with Crippen LogP contribution in [0.4, 0.5) is 40.9 Å². The minimum absolute atomic E-state index is 0.0346. The zero-order chi connectivity index (χ0) is 49.0. The van der Waals surface area contributed by atoms with Gasteiger partial charge in [-0.15, -0.1) is 0 Å². The molecule has 10 rings (SSSR count). The van der Waals surface area contributed by atoms with Crippen LogP contribution >= 0.6 is 11.6 Å². The summed E-state index contributed by atoms with van der Waals surface area (Å²) in [5.41, 5.74) is -2.86. The summed E-state index contributed by atoms with van der Waals surface area (Å²) in [7, 11) is -4.10. The molecule has 4 heterocycles. The van der Waals surface area contributed by atoms with E-state index in [2.05, 4.69) is 30.2 Å². The highest BCUT2D eigenvalue weighted by molar-refractivity contribution is 7.93. The predicted molar refractivity (Wildman–Crippen MR) is 235 cm³/mol. The fraction of sp³-hybridized carbons (Fsp3) is 0.356. The van der Waals surface area contributed by atoms with Gasteiger partial charge in [0.25, 0.3) is 24.3 Å². The first-order valence-electron chi connectivity index (χ1n) is 21.6. The van der Waals surface area contributed by atoms with Gasteiger partial charge in [-0.2, -0.15) is 19.0 Å². The molecule has 0 radical (unpaired) electrons. The van der Waals surface area contributed by atoms with E-state index >= 15 is 13.6 Å². The van der Waals surface area contributed by atoms with Gasteiger partial charge in [0.2, 0.25) is 15.9 Å². The second kappa shape index (κ2) is 16.9. The lowest BCUT2D eigenvalue weighted by Crippen LogP contribution is -2.38. The SMILES string of the molecule is CC(C)c1nccc(-c2ccc3c(=O)n(-c4ccc(Cl)c5c(NS(=O)(=O)C6CC6)nn(CC(F)F)c45)c([C@H](Cc4cc(F)cc(F)c4)NC(=O)Cn4nc(C(F)F)c5c4C(F)(F)[C@@H]4C[C@H]54)nc3c2)n1. The molecule has 1 amide bonds. The van der Waals surface area contributed by atoms with E-state index in [4.69, 9.17) is 16.6 Å². The molecule has 14 nitrogen and oxygen atoms in total. The van der Waals surface area contributed by atoms with Crippen LogP contribution in [0.2, 0.25) is 5.02 Å². The number of rotatable bonds is 15. The van der Waals surface area contributed by atoms with Crippen molar-refractivity contribution in [3.05, 3.63) is 122 Å². The van der Waals surface area contributed by atoms with Crippen molar-refractivity contribution in [1.82, 2.24) is 44.4 Å². The topological polar surface area (TPSA) is 172 Å². The summed E-state index contributed by atoms with van der Waals surface area (Å²) < 4.78 is 149. The van der Waals surface area contributed by atoms with E-state index in [0.717, 1.165) is 21.4 Å². The highest BCUT2D eigenvalue weighted by atomic mass is 35.5. The first-order chi connectivity index (χ1) is 32.7. The van der Waals surface area contributed by atoms with Crippen molar-refractivity contribution in [1.29, 1.82) is 0 Å². The lowest BCUT2D eigenvalue weighted by molar-refractivity contribution is -0.123. The molecule has 3 aliphatic carbocycles. The molecule has 0 saturated heterocycles. The van der Waals surface area contributed by atoms with Gasteiger partial charge in [-0.25, -0.2) is 49.7 Å². The summed E-state index contributed by atoms with van der Waals surface area (Å²) >= 11 is 6.69. The van der Waals surface area contributed by atoms with Crippen molar-refractivity contribution in [2.75, 3.05) is 4.72 Å². The fourth-order valence-electron chi connectivity index (χ4n) is 9.14. The number of hydrogen-bond donors (Lipinski definition) is 2. The highest BCUT2D eigenvalue weighted by Gasteiger charge is 2.67. The van der Waals surface area contributed by atoms with Gasteiger partial charge in [-0.05, 0) is 73.2 Å². The Morgan fingerprint density at radius 3 is 2.38 bits per heavy atom. The van der Waals surface area contributed by atoms with Crippen molar-refractivity contribution < 1.29 is 48.3 Å². The van der Waals surface area contributed by atoms with Crippen LogP contribution in [0, 0.1) is 17.6 Å². The average Bonchev–Trinajstić information content (AvgIpc) is 4.20. The van der Waals surface area contributed by atoms with Gasteiger partial charge in [0.05, 0.1) is 49.5 Å². The van der Waals surface area contributed by atoms with E-state index < -0.39 is 118 Å². The molecule has 2 fully saturated rings. The second-order valence-electron chi connectivity index (χ2n) is 17.6. The zero-order valence-corrected chi connectivity index (χ0v) is 37.7. The summed E-state index contributed by atoms with van der Waals surface area (Å²) in [6, 6.07) is 9.30. The molecule has 3 aromatic carbocycles. The average molecular weight is 1000 g/mol. The molecule has 360 valence electrons. The number of aromatic nitrogens is 8. The van der Waals surface area contributed by atoms with Gasteiger partial charge >= 0.3 is 0 Å². The third-order valence-corrected chi connectivity index (χ3v) is 14.6. The number of anilines is 1. The molecule has 3 atom stereocenters. The number of amides is 1. The number of carbonyl (C=O) groups excluding carboxylic acids is 1. The minimum atomic E-state index is -4.10. The Kier molecular flexibility index (Phi) is 11.3. The number of alkyl halides is 6. The molecule has 69 heavy (non-hydrogen) atoms. The van der Waals surface area contributed by atoms with Crippen LogP contribution in [-0.4, -0.2) is 65.1 Å². The lowest BCUT2D eigenvalue weighted by atomic mass is 10.0. The van der Waals surface area contributed by atoms with Crippen LogP contribution in [0.1, 0.15) is 91.6 Å². The van der Waals surface area contributed by atoms with Gasteiger partial charge < -0.3 is 5.32 Å². The molecule has 0 aliphatic heterocycles. The second-order valence-corrected chi connectivity index (χ2v) is 20.0. The molecule has 2 N–H and O–H groups in total. The number of sulfonamides is 1. The quantitative estimate of drug-likeness (QED) is 0.0953. The Morgan fingerprint density at radius 2 is 1.70 bits per heavy atom. The zero-order valence-electron chi connectivity index (χ0n) is 36.1. The maximum atomic E-state index is 15.6. The number of carbonyl (C=O) groups is 1. The number of halogens is 9. The Bertz CT molecular complexity index is 3410. The molecular formula is C45H37ClF8N10O4S. The minimum Gasteiger partial charge on any atom is -0.344 e. The van der Waals surface area contributed by atoms with Gasteiger partial charge in [-0.3, -0.25) is 28.2 Å². The summed E-state index contributed by atoms with van der Waals surface area (Å²) in [5.74, 6) is -9.43. The number of hydrogen-bond acceptors (Lipinski definition) is 9. The van der Waals surface area contributed by atoms with E-state index in [1.54, 1.807) is 12.1 Å². The normalized spacial score (nSPS) is 17.8. The first-order valence-corrected chi connectivity index (χ1v) is 23.5. The van der Waals surface area contributed by atoms with Crippen LogP contribution < -0.4 is 15.6 Å². The number of fused-ring (bicyclic) bond motifs is 5. The van der Waals surface area contributed by atoms with E-state index in [9.17, 15) is 39.6 Å². The number of benzene rings is 3. The Morgan fingerprint density at radius 1 is 0.957 bits per heavy atom. The van der Waals surface area contributed by atoms with Gasteiger partial charge in [0.1, 0.15) is 47.8 Å². The van der Waals surface area contributed by atoms with Crippen LogP contribution in [0.5, 0.6) is 0 Å². The van der Waals surface area contributed by atoms with Gasteiger partial charge in [0.15, 0.2) is 5.82 Å².